The fraction of sp³-hybridized carbons (Fsp3) is 0.500. The lowest BCUT2D eigenvalue weighted by atomic mass is 10.4. The molecule has 0 aromatic rings. The van der Waals surface area contributed by atoms with Crippen LogP contribution in [-0.4, -0.2) is 24.7 Å². The maximum atomic E-state index is 5.16. The number of ether oxygens (including phenoxy) is 1. The van der Waals surface area contributed by atoms with Crippen LogP contribution in [0.25, 0.3) is 0 Å². The summed E-state index contributed by atoms with van der Waals surface area (Å²) in [5.74, 6) is 0.801. The van der Waals surface area contributed by atoms with Crippen LogP contribution in [0.3, 0.4) is 0 Å². The third-order valence-corrected chi connectivity index (χ3v) is 1.71. The smallest absolute Gasteiger partial charge is 0.194 e. The molecule has 0 bridgehead atoms. The van der Waals surface area contributed by atoms with E-state index in [-0.39, 0.29) is 5.66 Å². The van der Waals surface area contributed by atoms with Gasteiger partial charge in [0.15, 0.2) is 5.90 Å². The van der Waals surface area contributed by atoms with Gasteiger partial charge in [0.05, 0.1) is 12.2 Å². The van der Waals surface area contributed by atoms with Gasteiger partial charge < -0.3 is 4.74 Å². The molecular formula is C6H10NOP. The van der Waals surface area contributed by atoms with Gasteiger partial charge >= 0.3 is 0 Å². The Kier molecular flexibility index (Phi) is 2.23. The standard InChI is InChI=1S/C6H10NOP/c1-2-5(9)6-7-3-4-8-6/h2,5H,1,3-4,9H2. The average Bonchev–Trinajstić information content (AvgIpc) is 2.37. The van der Waals surface area contributed by atoms with Crippen LogP contribution in [0, 0.1) is 0 Å². The highest BCUT2D eigenvalue weighted by atomic mass is 31.0. The van der Waals surface area contributed by atoms with Gasteiger partial charge in [0.1, 0.15) is 6.61 Å². The molecule has 0 saturated carbocycles. The fourth-order valence-corrected chi connectivity index (χ4v) is 0.856. The van der Waals surface area contributed by atoms with Crippen molar-refractivity contribution in [3.8, 4) is 0 Å². The van der Waals surface area contributed by atoms with E-state index in [0.29, 0.717) is 0 Å². The molecule has 1 aliphatic rings. The molecule has 0 saturated heterocycles. The van der Waals surface area contributed by atoms with Gasteiger partial charge in [-0.15, -0.1) is 15.8 Å². The first-order chi connectivity index (χ1) is 4.34. The van der Waals surface area contributed by atoms with Crippen molar-refractivity contribution >= 4 is 15.1 Å². The van der Waals surface area contributed by atoms with Crippen LogP contribution in [0.4, 0.5) is 0 Å². The highest BCUT2D eigenvalue weighted by Crippen LogP contribution is 2.08. The molecule has 9 heavy (non-hydrogen) atoms. The van der Waals surface area contributed by atoms with Gasteiger partial charge in [-0.05, 0) is 0 Å². The Hall–Kier alpha value is -0.360. The van der Waals surface area contributed by atoms with Crippen LogP contribution < -0.4 is 0 Å². The molecule has 2 nitrogen and oxygen atoms in total. The van der Waals surface area contributed by atoms with E-state index in [1.807, 2.05) is 0 Å². The van der Waals surface area contributed by atoms with Crippen LogP contribution in [0.1, 0.15) is 0 Å². The number of aliphatic imine (C=N–C) groups is 1. The number of hydrogen-bond donors (Lipinski definition) is 0. The zero-order valence-corrected chi connectivity index (χ0v) is 6.36. The third-order valence-electron chi connectivity index (χ3n) is 1.15. The molecule has 0 spiro atoms. The summed E-state index contributed by atoms with van der Waals surface area (Å²) >= 11 is 0. The summed E-state index contributed by atoms with van der Waals surface area (Å²) in [6.45, 7) is 5.15. The molecule has 2 atom stereocenters. The Morgan fingerprint density at radius 3 is 3.11 bits per heavy atom. The van der Waals surface area contributed by atoms with Gasteiger partial charge in [-0.2, -0.15) is 0 Å². The molecule has 0 radical (unpaired) electrons. The van der Waals surface area contributed by atoms with E-state index >= 15 is 0 Å². The molecule has 0 aliphatic carbocycles. The lowest BCUT2D eigenvalue weighted by Gasteiger charge is -2.03. The molecule has 50 valence electrons. The molecule has 1 rings (SSSR count). The molecule has 1 aliphatic heterocycles. The van der Waals surface area contributed by atoms with Crippen molar-refractivity contribution in [1.29, 1.82) is 0 Å². The zero-order valence-electron chi connectivity index (χ0n) is 5.21. The van der Waals surface area contributed by atoms with Crippen molar-refractivity contribution in [3.63, 3.8) is 0 Å². The quantitative estimate of drug-likeness (QED) is 0.414. The summed E-state index contributed by atoms with van der Waals surface area (Å²) in [5, 5.41) is 0. The molecule has 0 N–H and O–H groups in total. The molecule has 2 unspecified atom stereocenters. The maximum absolute atomic E-state index is 5.16. The summed E-state index contributed by atoms with van der Waals surface area (Å²) in [6.07, 6.45) is 1.80. The second-order valence-corrected chi connectivity index (χ2v) is 2.55. The molecule has 3 heteroatoms. The van der Waals surface area contributed by atoms with Crippen molar-refractivity contribution in [3.05, 3.63) is 12.7 Å². The van der Waals surface area contributed by atoms with Crippen molar-refractivity contribution in [1.82, 2.24) is 0 Å². The SMILES string of the molecule is C=CC(P)C1=NCCO1. The van der Waals surface area contributed by atoms with Crippen LogP contribution in [0.2, 0.25) is 0 Å². The van der Waals surface area contributed by atoms with Crippen molar-refractivity contribution in [2.75, 3.05) is 13.2 Å². The van der Waals surface area contributed by atoms with E-state index in [1.165, 1.54) is 0 Å². The second kappa shape index (κ2) is 2.98. The number of rotatable bonds is 2. The molecule has 0 amide bonds. The Balaban J connectivity index is 2.50. The minimum absolute atomic E-state index is 0.201. The third kappa shape index (κ3) is 1.52. The van der Waals surface area contributed by atoms with E-state index in [4.69, 9.17) is 4.74 Å². The molecule has 0 fully saturated rings. The largest absolute Gasteiger partial charge is 0.478 e. The van der Waals surface area contributed by atoms with Gasteiger partial charge in [0.2, 0.25) is 0 Å². The Morgan fingerprint density at radius 2 is 2.67 bits per heavy atom. The first-order valence-electron chi connectivity index (χ1n) is 2.90. The highest BCUT2D eigenvalue weighted by molar-refractivity contribution is 7.19. The van der Waals surface area contributed by atoms with Crippen molar-refractivity contribution in [2.24, 2.45) is 4.99 Å². The van der Waals surface area contributed by atoms with E-state index in [9.17, 15) is 0 Å². The van der Waals surface area contributed by atoms with Gasteiger partial charge in [-0.25, -0.2) is 0 Å². The summed E-state index contributed by atoms with van der Waals surface area (Å²) in [4.78, 5) is 4.11. The normalized spacial score (nSPS) is 20.3. The van der Waals surface area contributed by atoms with Crippen LogP contribution >= 0.6 is 9.24 Å². The second-order valence-electron chi connectivity index (χ2n) is 1.83. The topological polar surface area (TPSA) is 21.6 Å². The van der Waals surface area contributed by atoms with Gasteiger partial charge in [-0.3, -0.25) is 4.99 Å². The molecule has 0 aromatic heterocycles. The van der Waals surface area contributed by atoms with Crippen LogP contribution in [-0.2, 0) is 4.74 Å². The first-order valence-corrected chi connectivity index (χ1v) is 3.56. The molecule has 1 heterocycles. The fourth-order valence-electron chi connectivity index (χ4n) is 0.654. The Labute approximate surface area is 57.2 Å². The van der Waals surface area contributed by atoms with Crippen LogP contribution in [0.5, 0.6) is 0 Å². The molecule has 0 aromatic carbocycles. The van der Waals surface area contributed by atoms with Crippen LogP contribution in [0.15, 0.2) is 17.6 Å². The predicted octanol–water partition coefficient (Wildman–Crippen LogP) is 0.845. The van der Waals surface area contributed by atoms with Crippen molar-refractivity contribution in [2.45, 2.75) is 5.66 Å². The van der Waals surface area contributed by atoms with E-state index in [1.54, 1.807) is 6.08 Å². The van der Waals surface area contributed by atoms with Crippen molar-refractivity contribution < 1.29 is 4.74 Å². The summed E-state index contributed by atoms with van der Waals surface area (Å²) in [5.41, 5.74) is 0.201. The zero-order chi connectivity index (χ0) is 6.69. The average molecular weight is 143 g/mol. The minimum Gasteiger partial charge on any atom is -0.478 e. The van der Waals surface area contributed by atoms with Gasteiger partial charge in [0, 0.05) is 0 Å². The lowest BCUT2D eigenvalue weighted by molar-refractivity contribution is 0.342. The van der Waals surface area contributed by atoms with Gasteiger partial charge in [-0.1, -0.05) is 6.08 Å². The Bertz CT molecular complexity index is 144. The minimum atomic E-state index is 0.201. The predicted molar refractivity (Wildman–Crippen MR) is 41.9 cm³/mol. The van der Waals surface area contributed by atoms with E-state index < -0.39 is 0 Å². The lowest BCUT2D eigenvalue weighted by Crippen LogP contribution is -2.10. The Morgan fingerprint density at radius 1 is 1.89 bits per heavy atom. The van der Waals surface area contributed by atoms with E-state index in [2.05, 4.69) is 20.8 Å². The van der Waals surface area contributed by atoms with E-state index in [0.717, 1.165) is 19.0 Å². The summed E-state index contributed by atoms with van der Waals surface area (Å²) < 4.78 is 5.16. The van der Waals surface area contributed by atoms with Gasteiger partial charge in [0.25, 0.3) is 0 Å². The molecular weight excluding hydrogens is 133 g/mol. The number of hydrogen-bond acceptors (Lipinski definition) is 2. The summed E-state index contributed by atoms with van der Waals surface area (Å²) in [6, 6.07) is 0. The maximum Gasteiger partial charge on any atom is 0.194 e. The first kappa shape index (κ1) is 6.76. The monoisotopic (exact) mass is 143 g/mol. The number of nitrogens with zero attached hydrogens (tertiary/aromatic N) is 1. The highest BCUT2D eigenvalue weighted by Gasteiger charge is 2.11. The summed E-state index contributed by atoms with van der Waals surface area (Å²) in [7, 11) is 2.60.